The zero-order chi connectivity index (χ0) is 13.7. The van der Waals surface area contributed by atoms with E-state index in [1.807, 2.05) is 0 Å². The first kappa shape index (κ1) is 14.0. The van der Waals surface area contributed by atoms with E-state index in [4.69, 9.17) is 0 Å². The lowest BCUT2D eigenvalue weighted by molar-refractivity contribution is 0.129. The highest BCUT2D eigenvalue weighted by Gasteiger charge is 2.66. The summed E-state index contributed by atoms with van der Waals surface area (Å²) in [7, 11) is 0. The molecule has 2 rings (SSSR count). The number of aliphatic hydroxyl groups is 1. The van der Waals surface area contributed by atoms with Crippen LogP contribution in [0.2, 0.25) is 0 Å². The second kappa shape index (κ2) is 4.31. The molecule has 0 heterocycles. The van der Waals surface area contributed by atoms with Gasteiger partial charge in [0.1, 0.15) is 5.82 Å². The maximum Gasteiger partial charge on any atom is 0.124 e. The molecule has 1 saturated carbocycles. The van der Waals surface area contributed by atoms with Crippen molar-refractivity contribution >= 4 is 15.9 Å². The summed E-state index contributed by atoms with van der Waals surface area (Å²) in [6, 6.07) is 4.63. The third kappa shape index (κ3) is 2.12. The Bertz CT molecular complexity index is 454. The average molecular weight is 315 g/mol. The van der Waals surface area contributed by atoms with Gasteiger partial charge >= 0.3 is 0 Å². The van der Waals surface area contributed by atoms with Gasteiger partial charge in [-0.05, 0) is 40.9 Å². The Morgan fingerprint density at radius 2 is 1.83 bits per heavy atom. The van der Waals surface area contributed by atoms with E-state index in [0.717, 1.165) is 10.0 Å². The number of halogens is 2. The molecule has 1 aromatic carbocycles. The van der Waals surface area contributed by atoms with Crippen LogP contribution in [-0.2, 0) is 6.42 Å². The highest BCUT2D eigenvalue weighted by atomic mass is 79.9. The second-order valence-electron chi connectivity index (χ2n) is 6.43. The van der Waals surface area contributed by atoms with Crippen LogP contribution in [0.1, 0.15) is 33.3 Å². The van der Waals surface area contributed by atoms with Crippen molar-refractivity contribution in [2.24, 2.45) is 16.7 Å². The molecule has 0 saturated heterocycles. The number of benzene rings is 1. The van der Waals surface area contributed by atoms with Crippen LogP contribution in [0.3, 0.4) is 0 Å². The lowest BCUT2D eigenvalue weighted by Gasteiger charge is -2.14. The molecule has 100 valence electrons. The molecule has 0 spiro atoms. The zero-order valence-electron chi connectivity index (χ0n) is 11.3. The molecule has 1 aliphatic carbocycles. The predicted octanol–water partition coefficient (Wildman–Crippen LogP) is 4.17. The molecule has 1 aliphatic rings. The molecule has 1 unspecified atom stereocenters. The Kier molecular flexibility index (Phi) is 3.35. The van der Waals surface area contributed by atoms with Crippen LogP contribution in [0.5, 0.6) is 0 Å². The molecule has 0 amide bonds. The third-order valence-corrected chi connectivity index (χ3v) is 5.70. The molecule has 1 N–H and O–H groups in total. The normalized spacial score (nSPS) is 22.8. The fourth-order valence-electron chi connectivity index (χ4n) is 3.24. The Hall–Kier alpha value is -0.410. The maximum absolute atomic E-state index is 13.0. The highest BCUT2D eigenvalue weighted by molar-refractivity contribution is 9.10. The summed E-state index contributed by atoms with van der Waals surface area (Å²) < 4.78 is 13.7. The number of aliphatic hydroxyl groups excluding tert-OH is 1. The fourth-order valence-corrected chi connectivity index (χ4v) is 3.75. The summed E-state index contributed by atoms with van der Waals surface area (Å²) in [5.41, 5.74) is 1.29. The Morgan fingerprint density at radius 1 is 1.28 bits per heavy atom. The van der Waals surface area contributed by atoms with Crippen LogP contribution in [0.25, 0.3) is 0 Å². The van der Waals surface area contributed by atoms with Crippen molar-refractivity contribution in [1.29, 1.82) is 0 Å². The number of rotatable bonds is 3. The minimum Gasteiger partial charge on any atom is -0.392 e. The van der Waals surface area contributed by atoms with Crippen LogP contribution in [-0.4, -0.2) is 11.2 Å². The monoisotopic (exact) mass is 314 g/mol. The van der Waals surface area contributed by atoms with Crippen LogP contribution >= 0.6 is 15.9 Å². The van der Waals surface area contributed by atoms with E-state index < -0.39 is 0 Å². The Balaban J connectivity index is 2.12. The standard InChI is InChI=1S/C15H20BrFO/c1-14(2)13(15(14,3)4)12(18)7-9-5-6-10(17)8-11(9)16/h5-6,8,12-13,18H,7H2,1-4H3. The zero-order valence-corrected chi connectivity index (χ0v) is 12.9. The van der Waals surface area contributed by atoms with E-state index in [1.54, 1.807) is 6.07 Å². The number of hydrogen-bond donors (Lipinski definition) is 1. The van der Waals surface area contributed by atoms with Crippen molar-refractivity contribution in [2.75, 3.05) is 0 Å². The van der Waals surface area contributed by atoms with Crippen LogP contribution < -0.4 is 0 Å². The quantitative estimate of drug-likeness (QED) is 0.887. The average Bonchev–Trinajstić information content (AvgIpc) is 2.62. The van der Waals surface area contributed by atoms with Crippen LogP contribution in [0.15, 0.2) is 22.7 Å². The van der Waals surface area contributed by atoms with E-state index in [0.29, 0.717) is 12.3 Å². The third-order valence-electron chi connectivity index (χ3n) is 4.96. The van der Waals surface area contributed by atoms with Gasteiger partial charge in [-0.2, -0.15) is 0 Å². The van der Waals surface area contributed by atoms with E-state index >= 15 is 0 Å². The van der Waals surface area contributed by atoms with Crippen molar-refractivity contribution in [3.05, 3.63) is 34.1 Å². The van der Waals surface area contributed by atoms with Crippen molar-refractivity contribution < 1.29 is 9.50 Å². The first-order valence-electron chi connectivity index (χ1n) is 6.30. The molecule has 0 aliphatic heterocycles. The molecule has 1 aromatic rings. The molecule has 0 bridgehead atoms. The fraction of sp³-hybridized carbons (Fsp3) is 0.600. The summed E-state index contributed by atoms with van der Waals surface area (Å²) in [6.07, 6.45) is 0.190. The second-order valence-corrected chi connectivity index (χ2v) is 7.28. The molecule has 1 fully saturated rings. The molecule has 1 nitrogen and oxygen atoms in total. The van der Waals surface area contributed by atoms with Crippen molar-refractivity contribution in [3.8, 4) is 0 Å². The van der Waals surface area contributed by atoms with Crippen LogP contribution in [0.4, 0.5) is 4.39 Å². The smallest absolute Gasteiger partial charge is 0.124 e. The molecule has 1 atom stereocenters. The molecule has 0 aromatic heterocycles. The topological polar surface area (TPSA) is 20.2 Å². The van der Waals surface area contributed by atoms with Gasteiger partial charge in [-0.25, -0.2) is 4.39 Å². The van der Waals surface area contributed by atoms with Gasteiger partial charge in [0.05, 0.1) is 6.10 Å². The lowest BCUT2D eigenvalue weighted by Crippen LogP contribution is -2.17. The molecule has 0 radical (unpaired) electrons. The molecule has 18 heavy (non-hydrogen) atoms. The van der Waals surface area contributed by atoms with E-state index in [2.05, 4.69) is 43.6 Å². The molecular weight excluding hydrogens is 295 g/mol. The van der Waals surface area contributed by atoms with Crippen molar-refractivity contribution in [2.45, 2.75) is 40.2 Å². The van der Waals surface area contributed by atoms with Crippen molar-refractivity contribution in [3.63, 3.8) is 0 Å². The largest absolute Gasteiger partial charge is 0.392 e. The van der Waals surface area contributed by atoms with Gasteiger partial charge in [0.15, 0.2) is 0 Å². The predicted molar refractivity (Wildman–Crippen MR) is 74.9 cm³/mol. The van der Waals surface area contributed by atoms with E-state index in [9.17, 15) is 9.50 Å². The molecular formula is C15H20BrFO. The summed E-state index contributed by atoms with van der Waals surface area (Å²) in [5.74, 6) is 0.0362. The molecule has 3 heteroatoms. The minimum absolute atomic E-state index is 0.166. The van der Waals surface area contributed by atoms with Gasteiger partial charge in [-0.1, -0.05) is 49.7 Å². The van der Waals surface area contributed by atoms with Crippen molar-refractivity contribution in [1.82, 2.24) is 0 Å². The first-order chi connectivity index (χ1) is 8.18. The van der Waals surface area contributed by atoms with E-state index in [-0.39, 0.29) is 22.8 Å². The maximum atomic E-state index is 13.0. The first-order valence-corrected chi connectivity index (χ1v) is 7.09. The Morgan fingerprint density at radius 3 is 2.28 bits per heavy atom. The summed E-state index contributed by atoms with van der Waals surface area (Å²) in [6.45, 7) is 8.78. The van der Waals surface area contributed by atoms with E-state index in [1.165, 1.54) is 12.1 Å². The van der Waals surface area contributed by atoms with Crippen LogP contribution in [0, 0.1) is 22.6 Å². The van der Waals surface area contributed by atoms with Gasteiger partial charge in [0.2, 0.25) is 0 Å². The van der Waals surface area contributed by atoms with Gasteiger partial charge in [0, 0.05) is 4.47 Å². The lowest BCUT2D eigenvalue weighted by atomic mass is 9.99. The van der Waals surface area contributed by atoms with Gasteiger partial charge < -0.3 is 5.11 Å². The summed E-state index contributed by atoms with van der Waals surface area (Å²) >= 11 is 3.35. The minimum atomic E-state index is -0.378. The van der Waals surface area contributed by atoms with Gasteiger partial charge in [0.25, 0.3) is 0 Å². The van der Waals surface area contributed by atoms with Gasteiger partial charge in [-0.3, -0.25) is 0 Å². The summed E-state index contributed by atoms with van der Waals surface area (Å²) in [4.78, 5) is 0. The van der Waals surface area contributed by atoms with Gasteiger partial charge in [-0.15, -0.1) is 0 Å². The Labute approximate surface area is 117 Å². The number of hydrogen-bond acceptors (Lipinski definition) is 1. The highest BCUT2D eigenvalue weighted by Crippen LogP contribution is 2.69. The summed E-state index contributed by atoms with van der Waals surface area (Å²) in [5, 5.41) is 10.4. The SMILES string of the molecule is CC1(C)C(C(O)Cc2ccc(F)cc2Br)C1(C)C.